The molecule has 0 fully saturated rings. The van der Waals surface area contributed by atoms with Gasteiger partial charge in [0.05, 0.1) is 5.56 Å². The van der Waals surface area contributed by atoms with Gasteiger partial charge in [-0.2, -0.15) is 0 Å². The molecule has 0 aliphatic carbocycles. The van der Waals surface area contributed by atoms with Crippen LogP contribution < -0.4 is 0 Å². The molecular weight excluding hydrogens is 132 g/mol. The SMILES string of the molecule is [O]C(=O)c1cccc(O)c1. The van der Waals surface area contributed by atoms with E-state index in [0.29, 0.717) is 0 Å². The molecule has 1 radical (unpaired) electrons. The molecule has 3 nitrogen and oxygen atoms in total. The maximum absolute atomic E-state index is 10.1. The average Bonchev–Trinajstić information content (AvgIpc) is 1.88. The zero-order valence-electron chi connectivity index (χ0n) is 5.07. The molecule has 1 rings (SSSR count). The van der Waals surface area contributed by atoms with Gasteiger partial charge in [0, 0.05) is 0 Å². The Labute approximate surface area is 57.5 Å². The van der Waals surface area contributed by atoms with Crippen LogP contribution in [0.1, 0.15) is 10.4 Å². The molecular formula is C7H5O3. The van der Waals surface area contributed by atoms with Gasteiger partial charge in [0.2, 0.25) is 0 Å². The Morgan fingerprint density at radius 3 is 2.50 bits per heavy atom. The molecule has 10 heavy (non-hydrogen) atoms. The molecule has 0 unspecified atom stereocenters. The van der Waals surface area contributed by atoms with Crippen molar-refractivity contribution >= 4 is 5.97 Å². The van der Waals surface area contributed by atoms with Crippen molar-refractivity contribution in [3.05, 3.63) is 29.8 Å². The minimum Gasteiger partial charge on any atom is -0.508 e. The third kappa shape index (κ3) is 1.25. The van der Waals surface area contributed by atoms with Gasteiger partial charge in [-0.05, 0) is 18.2 Å². The van der Waals surface area contributed by atoms with Crippen LogP contribution in [-0.4, -0.2) is 11.1 Å². The van der Waals surface area contributed by atoms with Crippen molar-refractivity contribution in [2.24, 2.45) is 0 Å². The predicted molar refractivity (Wildman–Crippen MR) is 33.1 cm³/mol. The summed E-state index contributed by atoms with van der Waals surface area (Å²) in [4.78, 5) is 10.1. The quantitative estimate of drug-likeness (QED) is 0.626. The molecule has 0 spiro atoms. The van der Waals surface area contributed by atoms with Crippen molar-refractivity contribution in [1.82, 2.24) is 0 Å². The van der Waals surface area contributed by atoms with Crippen LogP contribution in [-0.2, 0) is 5.11 Å². The van der Waals surface area contributed by atoms with Crippen molar-refractivity contribution in [3.63, 3.8) is 0 Å². The van der Waals surface area contributed by atoms with Crippen LogP contribution in [0.15, 0.2) is 24.3 Å². The summed E-state index contributed by atoms with van der Waals surface area (Å²) in [5.74, 6) is -1.35. The standard InChI is InChI=1S/C7H5O3/c8-6-3-1-2-5(4-6)7(9)10/h1-4,8H. The summed E-state index contributed by atoms with van der Waals surface area (Å²) < 4.78 is 0. The Kier molecular flexibility index (Phi) is 1.58. The van der Waals surface area contributed by atoms with Crippen molar-refractivity contribution in [2.75, 3.05) is 0 Å². The molecule has 1 aromatic rings. The Morgan fingerprint density at radius 2 is 2.10 bits per heavy atom. The van der Waals surface area contributed by atoms with E-state index in [1.54, 1.807) is 0 Å². The second-order valence-electron chi connectivity index (χ2n) is 1.84. The third-order valence-electron chi connectivity index (χ3n) is 1.08. The molecule has 1 N–H and O–H groups in total. The summed E-state index contributed by atoms with van der Waals surface area (Å²) >= 11 is 0. The minimum atomic E-state index is -1.28. The van der Waals surface area contributed by atoms with Crippen molar-refractivity contribution in [3.8, 4) is 5.75 Å². The minimum absolute atomic E-state index is 0.0139. The fraction of sp³-hybridized carbons (Fsp3) is 0. The fourth-order valence-electron chi connectivity index (χ4n) is 0.633. The lowest BCUT2D eigenvalue weighted by Gasteiger charge is -1.91. The second kappa shape index (κ2) is 2.39. The largest absolute Gasteiger partial charge is 0.508 e. The molecule has 1 aromatic carbocycles. The van der Waals surface area contributed by atoms with Gasteiger partial charge < -0.3 is 5.11 Å². The number of benzene rings is 1. The van der Waals surface area contributed by atoms with Crippen LogP contribution in [0.25, 0.3) is 0 Å². The predicted octanol–water partition coefficient (Wildman–Crippen LogP) is 0.963. The van der Waals surface area contributed by atoms with Crippen molar-refractivity contribution < 1.29 is 15.0 Å². The van der Waals surface area contributed by atoms with Crippen LogP contribution >= 0.6 is 0 Å². The van der Waals surface area contributed by atoms with Gasteiger partial charge in [0.1, 0.15) is 5.75 Å². The normalized spacial score (nSPS) is 9.20. The summed E-state index contributed by atoms with van der Waals surface area (Å²) in [7, 11) is 0. The van der Waals surface area contributed by atoms with Crippen molar-refractivity contribution in [1.29, 1.82) is 0 Å². The maximum Gasteiger partial charge on any atom is 0.386 e. The lowest BCUT2D eigenvalue weighted by molar-refractivity contribution is 0.0572. The highest BCUT2D eigenvalue weighted by Gasteiger charge is 2.03. The van der Waals surface area contributed by atoms with E-state index in [1.165, 1.54) is 18.2 Å². The molecule has 0 aromatic heterocycles. The fourth-order valence-corrected chi connectivity index (χ4v) is 0.633. The highest BCUT2D eigenvalue weighted by atomic mass is 16.4. The summed E-state index contributed by atoms with van der Waals surface area (Å²) in [5, 5.41) is 18.9. The summed E-state index contributed by atoms with van der Waals surface area (Å²) in [6.45, 7) is 0. The molecule has 51 valence electrons. The number of carbonyl (C=O) groups excluding carboxylic acids is 1. The van der Waals surface area contributed by atoms with E-state index in [0.717, 1.165) is 6.07 Å². The highest BCUT2D eigenvalue weighted by molar-refractivity contribution is 5.87. The second-order valence-corrected chi connectivity index (χ2v) is 1.84. The molecule has 0 saturated carbocycles. The Balaban J connectivity index is 3.07. The summed E-state index contributed by atoms with van der Waals surface area (Å²) in [5.41, 5.74) is -0.0139. The van der Waals surface area contributed by atoms with E-state index >= 15 is 0 Å². The summed E-state index contributed by atoms with van der Waals surface area (Å²) in [6.07, 6.45) is 0. The van der Waals surface area contributed by atoms with E-state index in [9.17, 15) is 9.90 Å². The van der Waals surface area contributed by atoms with Crippen LogP contribution in [0, 0.1) is 0 Å². The first-order valence-electron chi connectivity index (χ1n) is 2.70. The topological polar surface area (TPSA) is 57.2 Å². The van der Waals surface area contributed by atoms with E-state index in [-0.39, 0.29) is 11.3 Å². The van der Waals surface area contributed by atoms with Gasteiger partial charge in [0.15, 0.2) is 0 Å². The number of phenols is 1. The Hall–Kier alpha value is -1.51. The lowest BCUT2D eigenvalue weighted by Crippen LogP contribution is -1.91. The van der Waals surface area contributed by atoms with E-state index in [2.05, 4.69) is 0 Å². The van der Waals surface area contributed by atoms with Gasteiger partial charge in [-0.1, -0.05) is 6.07 Å². The monoisotopic (exact) mass is 137 g/mol. The number of aromatic hydroxyl groups is 1. The molecule has 0 saturated heterocycles. The average molecular weight is 137 g/mol. The third-order valence-corrected chi connectivity index (χ3v) is 1.08. The smallest absolute Gasteiger partial charge is 0.386 e. The molecule has 0 aliphatic heterocycles. The molecule has 0 amide bonds. The number of hydrogen-bond donors (Lipinski definition) is 1. The number of carbonyl (C=O) groups is 1. The van der Waals surface area contributed by atoms with Gasteiger partial charge in [0.25, 0.3) is 0 Å². The maximum atomic E-state index is 10.1. The number of phenolic OH excluding ortho intramolecular Hbond substituents is 1. The first-order chi connectivity index (χ1) is 4.70. The van der Waals surface area contributed by atoms with Crippen LogP contribution in [0.3, 0.4) is 0 Å². The van der Waals surface area contributed by atoms with Crippen LogP contribution in [0.5, 0.6) is 5.75 Å². The Bertz CT molecular complexity index is 255. The van der Waals surface area contributed by atoms with Crippen LogP contribution in [0.4, 0.5) is 0 Å². The number of rotatable bonds is 1. The lowest BCUT2D eigenvalue weighted by atomic mass is 10.2. The van der Waals surface area contributed by atoms with E-state index in [4.69, 9.17) is 5.11 Å². The molecule has 0 atom stereocenters. The molecule has 0 bridgehead atoms. The van der Waals surface area contributed by atoms with Crippen molar-refractivity contribution in [2.45, 2.75) is 0 Å². The van der Waals surface area contributed by atoms with Gasteiger partial charge in [-0.15, -0.1) is 0 Å². The van der Waals surface area contributed by atoms with Crippen LogP contribution in [0.2, 0.25) is 0 Å². The molecule has 0 heterocycles. The summed E-state index contributed by atoms with van der Waals surface area (Å²) in [6, 6.07) is 5.33. The highest BCUT2D eigenvalue weighted by Crippen LogP contribution is 2.10. The van der Waals surface area contributed by atoms with E-state index in [1.807, 2.05) is 0 Å². The Morgan fingerprint density at radius 1 is 1.40 bits per heavy atom. The van der Waals surface area contributed by atoms with Gasteiger partial charge >= 0.3 is 5.97 Å². The number of hydrogen-bond acceptors (Lipinski definition) is 2. The zero-order valence-corrected chi connectivity index (χ0v) is 5.07. The first-order valence-corrected chi connectivity index (χ1v) is 2.70. The van der Waals surface area contributed by atoms with E-state index < -0.39 is 5.97 Å². The van der Waals surface area contributed by atoms with Gasteiger partial charge in [-0.3, -0.25) is 0 Å². The zero-order chi connectivity index (χ0) is 7.56. The molecule has 0 aliphatic rings. The van der Waals surface area contributed by atoms with Gasteiger partial charge in [-0.25, -0.2) is 9.90 Å². The first kappa shape index (κ1) is 6.61. The molecule has 3 heteroatoms.